The molecule has 0 aromatic carbocycles. The lowest BCUT2D eigenvalue weighted by Gasteiger charge is -2.19. The van der Waals surface area contributed by atoms with E-state index in [9.17, 15) is 4.79 Å². The van der Waals surface area contributed by atoms with Crippen LogP contribution in [0.25, 0.3) is 0 Å². The van der Waals surface area contributed by atoms with Gasteiger partial charge in [0.2, 0.25) is 0 Å². The highest BCUT2D eigenvalue weighted by molar-refractivity contribution is 9.10. The first-order chi connectivity index (χ1) is 6.87. The van der Waals surface area contributed by atoms with Crippen molar-refractivity contribution in [3.8, 4) is 0 Å². The molecule has 0 radical (unpaired) electrons. The molecule has 0 fully saturated rings. The maximum Gasteiger partial charge on any atom is 0.413 e. The van der Waals surface area contributed by atoms with Gasteiger partial charge in [0, 0.05) is 0 Å². The third kappa shape index (κ3) is 4.73. The van der Waals surface area contributed by atoms with Gasteiger partial charge in [-0.1, -0.05) is 0 Å². The molecule has 5 nitrogen and oxygen atoms in total. The van der Waals surface area contributed by atoms with Gasteiger partial charge in [-0.05, 0) is 48.8 Å². The molecular weight excluding hydrogens is 262 g/mol. The van der Waals surface area contributed by atoms with Gasteiger partial charge in [-0.15, -0.1) is 10.2 Å². The van der Waals surface area contributed by atoms with E-state index in [1.165, 1.54) is 0 Å². The number of carbonyl (C=O) groups excluding carboxylic acids is 1. The van der Waals surface area contributed by atoms with E-state index in [0.717, 1.165) is 0 Å². The van der Waals surface area contributed by atoms with Crippen LogP contribution >= 0.6 is 15.9 Å². The lowest BCUT2D eigenvalue weighted by molar-refractivity contribution is 0.0635. The molecule has 82 valence electrons. The molecule has 1 N–H and O–H groups in total. The predicted octanol–water partition coefficient (Wildman–Crippen LogP) is 2.59. The fourth-order valence-electron chi connectivity index (χ4n) is 0.791. The molecule has 1 aromatic heterocycles. The van der Waals surface area contributed by atoms with Crippen molar-refractivity contribution >= 4 is 27.8 Å². The SMILES string of the molecule is CC(C)(C)OC(=O)Nc1ccc(Br)nn1. The standard InChI is InChI=1S/C9H12BrN3O2/c1-9(2,3)15-8(14)11-7-5-4-6(10)12-13-7/h4-5H,1-3H3,(H,11,13,14). The third-order valence-electron chi connectivity index (χ3n) is 1.26. The Hall–Kier alpha value is -1.17. The van der Waals surface area contributed by atoms with Crippen molar-refractivity contribution in [3.05, 3.63) is 16.7 Å². The van der Waals surface area contributed by atoms with Crippen LogP contribution in [0.15, 0.2) is 16.7 Å². The van der Waals surface area contributed by atoms with E-state index in [4.69, 9.17) is 4.74 Å². The van der Waals surface area contributed by atoms with Crippen LogP contribution in [0.4, 0.5) is 10.6 Å². The van der Waals surface area contributed by atoms with Crippen LogP contribution in [0.5, 0.6) is 0 Å². The summed E-state index contributed by atoms with van der Waals surface area (Å²) in [5.41, 5.74) is -0.521. The van der Waals surface area contributed by atoms with Crippen LogP contribution in [-0.4, -0.2) is 21.9 Å². The number of amides is 1. The van der Waals surface area contributed by atoms with Gasteiger partial charge < -0.3 is 4.74 Å². The van der Waals surface area contributed by atoms with E-state index in [1.54, 1.807) is 32.9 Å². The van der Waals surface area contributed by atoms with Crippen molar-refractivity contribution < 1.29 is 9.53 Å². The molecule has 15 heavy (non-hydrogen) atoms. The van der Waals surface area contributed by atoms with Crippen LogP contribution in [0.3, 0.4) is 0 Å². The number of nitrogens with zero attached hydrogens (tertiary/aromatic N) is 2. The summed E-state index contributed by atoms with van der Waals surface area (Å²) in [4.78, 5) is 11.3. The fraction of sp³-hybridized carbons (Fsp3) is 0.444. The monoisotopic (exact) mass is 273 g/mol. The first kappa shape index (κ1) is 11.9. The first-order valence-electron chi connectivity index (χ1n) is 4.36. The Morgan fingerprint density at radius 3 is 2.53 bits per heavy atom. The Kier molecular flexibility index (Phi) is 3.62. The number of hydrogen-bond acceptors (Lipinski definition) is 4. The van der Waals surface area contributed by atoms with E-state index in [2.05, 4.69) is 31.4 Å². The second-order valence-corrected chi connectivity index (χ2v) is 4.68. The molecular formula is C9H12BrN3O2. The second kappa shape index (κ2) is 4.57. The van der Waals surface area contributed by atoms with Crippen molar-refractivity contribution in [1.82, 2.24) is 10.2 Å². The quantitative estimate of drug-likeness (QED) is 0.854. The fourth-order valence-corrected chi connectivity index (χ4v) is 1.00. The summed E-state index contributed by atoms with van der Waals surface area (Å²) in [5, 5.41) is 9.93. The van der Waals surface area contributed by atoms with Crippen LogP contribution in [0.1, 0.15) is 20.8 Å². The van der Waals surface area contributed by atoms with Crippen molar-refractivity contribution in [2.24, 2.45) is 0 Å². The molecule has 1 heterocycles. The Labute approximate surface area is 96.4 Å². The van der Waals surface area contributed by atoms with Crippen molar-refractivity contribution in [1.29, 1.82) is 0 Å². The summed E-state index contributed by atoms with van der Waals surface area (Å²) in [6, 6.07) is 3.31. The zero-order chi connectivity index (χ0) is 11.5. The summed E-state index contributed by atoms with van der Waals surface area (Å²) in [7, 11) is 0. The van der Waals surface area contributed by atoms with Gasteiger partial charge in [-0.2, -0.15) is 0 Å². The number of nitrogens with one attached hydrogen (secondary N) is 1. The number of aromatic nitrogens is 2. The summed E-state index contributed by atoms with van der Waals surface area (Å²) in [6.45, 7) is 5.37. The molecule has 1 aromatic rings. The maximum absolute atomic E-state index is 11.3. The molecule has 0 unspecified atom stereocenters. The average molecular weight is 274 g/mol. The van der Waals surface area contributed by atoms with Crippen LogP contribution in [0.2, 0.25) is 0 Å². The molecule has 0 saturated heterocycles. The van der Waals surface area contributed by atoms with E-state index < -0.39 is 11.7 Å². The first-order valence-corrected chi connectivity index (χ1v) is 5.15. The molecule has 0 atom stereocenters. The summed E-state index contributed by atoms with van der Waals surface area (Å²) < 4.78 is 5.65. The Balaban J connectivity index is 2.55. The number of ether oxygens (including phenoxy) is 1. The number of anilines is 1. The summed E-state index contributed by atoms with van der Waals surface area (Å²) in [5.74, 6) is 0.354. The highest BCUT2D eigenvalue weighted by Crippen LogP contribution is 2.10. The van der Waals surface area contributed by atoms with Crippen molar-refractivity contribution in [2.75, 3.05) is 5.32 Å². The summed E-state index contributed by atoms with van der Waals surface area (Å²) >= 11 is 3.14. The van der Waals surface area contributed by atoms with Gasteiger partial charge in [-0.25, -0.2) is 4.79 Å². The van der Waals surface area contributed by atoms with Crippen molar-refractivity contribution in [2.45, 2.75) is 26.4 Å². The van der Waals surface area contributed by atoms with Crippen LogP contribution < -0.4 is 5.32 Å². The van der Waals surface area contributed by atoms with Gasteiger partial charge in [0.05, 0.1) is 0 Å². The molecule has 0 saturated carbocycles. The third-order valence-corrected chi connectivity index (χ3v) is 1.68. The second-order valence-electron chi connectivity index (χ2n) is 3.87. The smallest absolute Gasteiger partial charge is 0.413 e. The lowest BCUT2D eigenvalue weighted by atomic mass is 10.2. The number of hydrogen-bond donors (Lipinski definition) is 1. The van der Waals surface area contributed by atoms with Gasteiger partial charge in [-0.3, -0.25) is 5.32 Å². The zero-order valence-corrected chi connectivity index (χ0v) is 10.3. The maximum atomic E-state index is 11.3. The van der Waals surface area contributed by atoms with Crippen molar-refractivity contribution in [3.63, 3.8) is 0 Å². The molecule has 0 aliphatic rings. The van der Waals surface area contributed by atoms with Crippen LogP contribution in [0, 0.1) is 0 Å². The topological polar surface area (TPSA) is 64.1 Å². The average Bonchev–Trinajstić information content (AvgIpc) is 2.05. The number of halogens is 1. The van der Waals surface area contributed by atoms with Gasteiger partial charge in [0.1, 0.15) is 10.2 Å². The molecule has 0 aliphatic carbocycles. The molecule has 0 spiro atoms. The highest BCUT2D eigenvalue weighted by atomic mass is 79.9. The number of carbonyl (C=O) groups is 1. The van der Waals surface area contributed by atoms with E-state index in [0.29, 0.717) is 10.4 Å². The molecule has 1 amide bonds. The van der Waals surface area contributed by atoms with Gasteiger partial charge in [0.15, 0.2) is 5.82 Å². The zero-order valence-electron chi connectivity index (χ0n) is 8.74. The Morgan fingerprint density at radius 2 is 2.07 bits per heavy atom. The minimum Gasteiger partial charge on any atom is -0.444 e. The molecule has 1 rings (SSSR count). The largest absolute Gasteiger partial charge is 0.444 e. The van der Waals surface area contributed by atoms with E-state index in [-0.39, 0.29) is 0 Å². The van der Waals surface area contributed by atoms with Gasteiger partial charge in [0.25, 0.3) is 0 Å². The highest BCUT2D eigenvalue weighted by Gasteiger charge is 2.16. The number of rotatable bonds is 1. The molecule has 0 aliphatic heterocycles. The summed E-state index contributed by atoms with van der Waals surface area (Å²) in [6.07, 6.45) is -0.542. The Morgan fingerprint density at radius 1 is 1.40 bits per heavy atom. The molecule has 6 heteroatoms. The molecule has 0 bridgehead atoms. The van der Waals surface area contributed by atoms with Crippen LogP contribution in [-0.2, 0) is 4.74 Å². The van der Waals surface area contributed by atoms with Gasteiger partial charge >= 0.3 is 6.09 Å². The predicted molar refractivity (Wildman–Crippen MR) is 59.6 cm³/mol. The normalized spacial score (nSPS) is 10.9. The Bertz CT molecular complexity index is 345. The minimum atomic E-state index is -0.542. The minimum absolute atomic E-state index is 0.354. The van der Waals surface area contributed by atoms with E-state index in [1.807, 2.05) is 0 Å². The lowest BCUT2D eigenvalue weighted by Crippen LogP contribution is -2.27. The van der Waals surface area contributed by atoms with E-state index >= 15 is 0 Å².